The van der Waals surface area contributed by atoms with Crippen molar-refractivity contribution in [3.05, 3.63) is 53.6 Å². The number of thioether (sulfide) groups is 1. The number of carbonyl (C=O) groups is 2. The molecule has 0 unspecified atom stereocenters. The number of Topliss-reactive ketones (excluding diaryl/α,β-unsaturated/α-hetero) is 1. The number of nitrogens with zero attached hydrogens (tertiary/aromatic N) is 4. The Hall–Kier alpha value is -3.13. The molecular weight excluding hydrogens is 412 g/mol. The van der Waals surface area contributed by atoms with E-state index in [9.17, 15) is 9.59 Å². The highest BCUT2D eigenvalue weighted by molar-refractivity contribution is 8.00. The molecule has 1 atom stereocenters. The summed E-state index contributed by atoms with van der Waals surface area (Å²) in [5.41, 5.74) is 3.44. The molecule has 0 fully saturated rings. The first-order chi connectivity index (χ1) is 14.9. The molecule has 4 rings (SSSR count). The summed E-state index contributed by atoms with van der Waals surface area (Å²) in [6.45, 7) is 4.10. The molecule has 0 saturated carbocycles. The first kappa shape index (κ1) is 21.1. The molecule has 2 aromatic carbocycles. The van der Waals surface area contributed by atoms with Gasteiger partial charge in [0.25, 0.3) is 0 Å². The Balaban J connectivity index is 1.53. The lowest BCUT2D eigenvalue weighted by atomic mass is 10.0. The molecule has 31 heavy (non-hydrogen) atoms. The number of anilines is 1. The summed E-state index contributed by atoms with van der Waals surface area (Å²) in [5, 5.41) is 8.93. The van der Waals surface area contributed by atoms with E-state index < -0.39 is 0 Å². The fourth-order valence-electron chi connectivity index (χ4n) is 3.81. The van der Waals surface area contributed by atoms with Gasteiger partial charge in [0.15, 0.2) is 16.8 Å². The third-order valence-electron chi connectivity index (χ3n) is 5.47. The van der Waals surface area contributed by atoms with Crippen LogP contribution < -0.4 is 9.64 Å². The lowest BCUT2D eigenvalue weighted by Gasteiger charge is -2.15. The minimum absolute atomic E-state index is 0.0230. The average molecular weight is 437 g/mol. The maximum atomic E-state index is 13.1. The van der Waals surface area contributed by atoms with Gasteiger partial charge in [-0.1, -0.05) is 23.9 Å². The van der Waals surface area contributed by atoms with Gasteiger partial charge in [0.05, 0.1) is 17.9 Å². The summed E-state index contributed by atoms with van der Waals surface area (Å²) in [6, 6.07) is 13.2. The van der Waals surface area contributed by atoms with Crippen LogP contribution in [0.5, 0.6) is 5.75 Å². The van der Waals surface area contributed by atoms with Gasteiger partial charge in [-0.05, 0) is 49.2 Å². The highest BCUT2D eigenvalue weighted by Gasteiger charge is 2.26. The zero-order valence-corrected chi connectivity index (χ0v) is 18.8. The number of aromatic nitrogens is 3. The number of fused-ring (bicyclic) bond motifs is 1. The Labute approximate surface area is 185 Å². The van der Waals surface area contributed by atoms with Crippen molar-refractivity contribution in [2.45, 2.75) is 30.7 Å². The molecule has 0 spiro atoms. The Morgan fingerprint density at radius 3 is 2.68 bits per heavy atom. The molecule has 0 saturated heterocycles. The summed E-state index contributed by atoms with van der Waals surface area (Å²) in [7, 11) is 3.50. The monoisotopic (exact) mass is 436 g/mol. The van der Waals surface area contributed by atoms with Crippen molar-refractivity contribution in [2.75, 3.05) is 18.6 Å². The first-order valence-electron chi connectivity index (χ1n) is 10.1. The number of hydrogen-bond donors (Lipinski definition) is 0. The Morgan fingerprint density at radius 1 is 1.16 bits per heavy atom. The molecule has 1 aliphatic heterocycles. The summed E-state index contributed by atoms with van der Waals surface area (Å²) >= 11 is 1.38. The molecular formula is C23H24N4O3S. The SMILES string of the molecule is COc1ccccc1-c1nnc(S[C@H](C)C(=O)c2ccc3c(c2)CCN3C(C)=O)n1C. The molecule has 7 nitrogen and oxygen atoms in total. The minimum Gasteiger partial charge on any atom is -0.496 e. The average Bonchev–Trinajstić information content (AvgIpc) is 3.36. The van der Waals surface area contributed by atoms with Crippen LogP contribution in [0.25, 0.3) is 11.4 Å². The third kappa shape index (κ3) is 3.95. The van der Waals surface area contributed by atoms with Gasteiger partial charge in [0, 0.05) is 31.8 Å². The van der Waals surface area contributed by atoms with Crippen LogP contribution in [0.1, 0.15) is 29.8 Å². The maximum absolute atomic E-state index is 13.1. The number of para-hydroxylation sites is 1. The van der Waals surface area contributed by atoms with E-state index in [0.29, 0.717) is 23.1 Å². The van der Waals surface area contributed by atoms with Crippen LogP contribution in [0.4, 0.5) is 5.69 Å². The molecule has 1 aliphatic rings. The lowest BCUT2D eigenvalue weighted by molar-refractivity contribution is -0.116. The number of rotatable bonds is 6. The normalized spacial score (nSPS) is 13.7. The van der Waals surface area contributed by atoms with Gasteiger partial charge in [-0.3, -0.25) is 9.59 Å². The Kier molecular flexibility index (Phi) is 5.82. The van der Waals surface area contributed by atoms with Crippen LogP contribution in [0.2, 0.25) is 0 Å². The molecule has 1 aromatic heterocycles. The van der Waals surface area contributed by atoms with Crippen molar-refractivity contribution in [3.8, 4) is 17.1 Å². The summed E-state index contributed by atoms with van der Waals surface area (Å²) in [4.78, 5) is 26.6. The zero-order valence-electron chi connectivity index (χ0n) is 18.0. The summed E-state index contributed by atoms with van der Waals surface area (Å²) in [6.07, 6.45) is 0.767. The van der Waals surface area contributed by atoms with Gasteiger partial charge in [-0.15, -0.1) is 10.2 Å². The second-order valence-electron chi connectivity index (χ2n) is 7.45. The van der Waals surface area contributed by atoms with E-state index >= 15 is 0 Å². The summed E-state index contributed by atoms with van der Waals surface area (Å²) < 4.78 is 7.31. The van der Waals surface area contributed by atoms with Crippen LogP contribution >= 0.6 is 11.8 Å². The van der Waals surface area contributed by atoms with Crippen LogP contribution in [-0.4, -0.2) is 45.4 Å². The predicted octanol–water partition coefficient (Wildman–Crippen LogP) is 3.76. The number of hydrogen-bond acceptors (Lipinski definition) is 6. The van der Waals surface area contributed by atoms with Crippen LogP contribution in [0.3, 0.4) is 0 Å². The van der Waals surface area contributed by atoms with E-state index in [4.69, 9.17) is 4.74 Å². The molecule has 160 valence electrons. The van der Waals surface area contributed by atoms with Gasteiger partial charge < -0.3 is 14.2 Å². The molecule has 0 radical (unpaired) electrons. The van der Waals surface area contributed by atoms with Crippen LogP contribution in [-0.2, 0) is 18.3 Å². The fraction of sp³-hybridized carbons (Fsp3) is 0.304. The van der Waals surface area contributed by atoms with Crippen molar-refractivity contribution < 1.29 is 14.3 Å². The number of ketones is 1. The lowest BCUT2D eigenvalue weighted by Crippen LogP contribution is -2.25. The van der Waals surface area contributed by atoms with Gasteiger partial charge in [-0.25, -0.2) is 0 Å². The van der Waals surface area contributed by atoms with Gasteiger partial charge in [0.2, 0.25) is 5.91 Å². The highest BCUT2D eigenvalue weighted by atomic mass is 32.2. The van der Waals surface area contributed by atoms with E-state index in [1.165, 1.54) is 11.8 Å². The number of ether oxygens (including phenoxy) is 1. The highest BCUT2D eigenvalue weighted by Crippen LogP contribution is 2.33. The molecule has 3 aromatic rings. The molecule has 0 bridgehead atoms. The fourth-order valence-corrected chi connectivity index (χ4v) is 4.70. The van der Waals surface area contributed by atoms with Gasteiger partial charge >= 0.3 is 0 Å². The smallest absolute Gasteiger partial charge is 0.223 e. The Morgan fingerprint density at radius 2 is 1.94 bits per heavy atom. The van der Waals surface area contributed by atoms with E-state index in [-0.39, 0.29) is 16.9 Å². The number of carbonyl (C=O) groups excluding carboxylic acids is 2. The summed E-state index contributed by atoms with van der Waals surface area (Å²) in [5.74, 6) is 1.45. The zero-order chi connectivity index (χ0) is 22.1. The van der Waals surface area contributed by atoms with Gasteiger partial charge in [-0.2, -0.15) is 0 Å². The first-order valence-corrected chi connectivity index (χ1v) is 10.9. The van der Waals surface area contributed by atoms with Crippen molar-refractivity contribution in [2.24, 2.45) is 7.05 Å². The second-order valence-corrected chi connectivity index (χ2v) is 8.76. The molecule has 0 aliphatic carbocycles. The second kappa shape index (κ2) is 8.55. The number of amides is 1. The predicted molar refractivity (Wildman–Crippen MR) is 121 cm³/mol. The minimum atomic E-state index is -0.336. The van der Waals surface area contributed by atoms with Crippen molar-refractivity contribution in [1.82, 2.24) is 14.8 Å². The number of methoxy groups -OCH3 is 1. The topological polar surface area (TPSA) is 77.3 Å². The molecule has 8 heteroatoms. The van der Waals surface area contributed by atoms with Gasteiger partial charge in [0.1, 0.15) is 5.75 Å². The van der Waals surface area contributed by atoms with Crippen LogP contribution in [0.15, 0.2) is 47.6 Å². The molecule has 0 N–H and O–H groups in total. The number of benzene rings is 2. The third-order valence-corrected chi connectivity index (χ3v) is 6.61. The van der Waals surface area contributed by atoms with Crippen LogP contribution in [0, 0.1) is 0 Å². The van der Waals surface area contributed by atoms with Crippen molar-refractivity contribution >= 4 is 29.1 Å². The molecule has 2 heterocycles. The Bertz CT molecular complexity index is 1160. The molecule has 1 amide bonds. The maximum Gasteiger partial charge on any atom is 0.223 e. The largest absolute Gasteiger partial charge is 0.496 e. The van der Waals surface area contributed by atoms with E-state index in [2.05, 4.69) is 10.2 Å². The van der Waals surface area contributed by atoms with E-state index in [1.807, 2.05) is 54.9 Å². The quantitative estimate of drug-likeness (QED) is 0.433. The van der Waals surface area contributed by atoms with Crippen molar-refractivity contribution in [1.29, 1.82) is 0 Å². The van der Waals surface area contributed by atoms with E-state index in [0.717, 1.165) is 29.0 Å². The van der Waals surface area contributed by atoms with E-state index in [1.54, 1.807) is 25.0 Å². The standard InChI is InChI=1S/C23H24N4O3S/c1-14(21(29)17-9-10-19-16(13-17)11-12-27(19)15(2)28)31-23-25-24-22(26(23)3)18-7-5-6-8-20(18)30-4/h5-10,13-14H,11-12H2,1-4H3/t14-/m1/s1. The van der Waals surface area contributed by atoms with Crippen molar-refractivity contribution in [3.63, 3.8) is 0 Å².